The fourth-order valence-electron chi connectivity index (χ4n) is 2.70. The number of aromatic nitrogens is 3. The minimum atomic E-state index is 0.0167. The molecule has 0 atom stereocenters. The smallest absolute Gasteiger partial charge is 0.226 e. The zero-order chi connectivity index (χ0) is 15.7. The first-order valence-electron chi connectivity index (χ1n) is 7.42. The maximum absolute atomic E-state index is 12.1. The zero-order valence-corrected chi connectivity index (χ0v) is 13.1. The van der Waals surface area contributed by atoms with Gasteiger partial charge in [-0.3, -0.25) is 4.79 Å². The van der Waals surface area contributed by atoms with E-state index in [0.29, 0.717) is 13.0 Å². The normalized spacial score (nSPS) is 11.0. The molecule has 3 rings (SSSR count). The Balaban J connectivity index is 1.65. The number of nitrogens with zero attached hydrogens (tertiary/aromatic N) is 2. The van der Waals surface area contributed by atoms with Crippen molar-refractivity contribution in [3.8, 4) is 0 Å². The molecule has 22 heavy (non-hydrogen) atoms. The van der Waals surface area contributed by atoms with Gasteiger partial charge in [-0.15, -0.1) is 0 Å². The molecule has 0 aliphatic rings. The summed E-state index contributed by atoms with van der Waals surface area (Å²) in [4.78, 5) is 19.6. The Morgan fingerprint density at radius 3 is 2.64 bits per heavy atom. The summed E-state index contributed by atoms with van der Waals surface area (Å²) < 4.78 is 2.15. The van der Waals surface area contributed by atoms with Crippen molar-refractivity contribution in [2.75, 3.05) is 5.32 Å². The first kappa shape index (κ1) is 14.4. The highest BCUT2D eigenvalue weighted by atomic mass is 16.1. The summed E-state index contributed by atoms with van der Waals surface area (Å²) in [6.45, 7) is 6.72. The third kappa shape index (κ3) is 2.88. The van der Waals surface area contributed by atoms with E-state index in [9.17, 15) is 4.79 Å². The lowest BCUT2D eigenvalue weighted by Gasteiger charge is -2.09. The lowest BCUT2D eigenvalue weighted by atomic mass is 10.2. The second-order valence-electron chi connectivity index (χ2n) is 5.62. The Labute approximate surface area is 129 Å². The monoisotopic (exact) mass is 296 g/mol. The molecule has 5 nitrogen and oxygen atoms in total. The summed E-state index contributed by atoms with van der Waals surface area (Å²) in [5.41, 5.74) is 5.00. The molecule has 0 unspecified atom stereocenters. The van der Waals surface area contributed by atoms with Crippen LogP contribution in [0.4, 0.5) is 5.69 Å². The minimum absolute atomic E-state index is 0.0167. The van der Waals surface area contributed by atoms with Crippen molar-refractivity contribution in [1.82, 2.24) is 14.5 Å². The second kappa shape index (κ2) is 5.67. The number of nitrogens with one attached hydrogen (secondary N) is 2. The number of H-pyrrole nitrogens is 1. The number of fused-ring (bicyclic) bond motifs is 1. The van der Waals surface area contributed by atoms with Gasteiger partial charge >= 0.3 is 0 Å². The van der Waals surface area contributed by atoms with Gasteiger partial charge in [0.25, 0.3) is 0 Å². The highest BCUT2D eigenvalue weighted by Crippen LogP contribution is 2.17. The predicted octanol–water partition coefficient (Wildman–Crippen LogP) is 3.32. The van der Waals surface area contributed by atoms with Gasteiger partial charge in [0.1, 0.15) is 5.82 Å². The van der Waals surface area contributed by atoms with Crippen molar-refractivity contribution in [2.45, 2.75) is 33.7 Å². The Hall–Kier alpha value is -2.56. The largest absolute Gasteiger partial charge is 0.349 e. The van der Waals surface area contributed by atoms with Crippen LogP contribution in [0.1, 0.15) is 23.6 Å². The Bertz CT molecular complexity index is 809. The van der Waals surface area contributed by atoms with E-state index in [1.807, 2.05) is 25.1 Å². The van der Waals surface area contributed by atoms with Gasteiger partial charge < -0.3 is 14.9 Å². The average molecular weight is 296 g/mol. The molecule has 1 amide bonds. The Morgan fingerprint density at radius 2 is 1.91 bits per heavy atom. The molecule has 5 heteroatoms. The number of rotatable bonds is 4. The van der Waals surface area contributed by atoms with Gasteiger partial charge in [-0.1, -0.05) is 0 Å². The van der Waals surface area contributed by atoms with Gasteiger partial charge in [-0.05, 0) is 51.1 Å². The molecule has 2 heterocycles. The van der Waals surface area contributed by atoms with Crippen molar-refractivity contribution >= 4 is 22.6 Å². The molecular weight excluding hydrogens is 276 g/mol. The number of amides is 1. The standard InChI is InChI=1S/C17H20N4O/c1-11-4-5-12(2)21(11)9-8-17(22)20-14-6-7-15-16(10-14)19-13(3)18-15/h4-7,10H,8-9H2,1-3H3,(H,18,19)(H,20,22). The minimum Gasteiger partial charge on any atom is -0.349 e. The van der Waals surface area contributed by atoms with Crippen LogP contribution in [0.2, 0.25) is 0 Å². The van der Waals surface area contributed by atoms with E-state index in [1.54, 1.807) is 0 Å². The fourth-order valence-corrected chi connectivity index (χ4v) is 2.70. The third-order valence-electron chi connectivity index (χ3n) is 3.86. The van der Waals surface area contributed by atoms with Crippen molar-refractivity contribution in [1.29, 1.82) is 0 Å². The molecule has 0 aliphatic carbocycles. The van der Waals surface area contributed by atoms with Crippen LogP contribution in [0.5, 0.6) is 0 Å². The van der Waals surface area contributed by atoms with Gasteiger partial charge in [0.15, 0.2) is 0 Å². The van der Waals surface area contributed by atoms with E-state index in [4.69, 9.17) is 0 Å². The van der Waals surface area contributed by atoms with E-state index in [-0.39, 0.29) is 5.91 Å². The zero-order valence-electron chi connectivity index (χ0n) is 13.1. The van der Waals surface area contributed by atoms with Crippen LogP contribution in [0, 0.1) is 20.8 Å². The number of aryl methyl sites for hydroxylation is 3. The van der Waals surface area contributed by atoms with E-state index < -0.39 is 0 Å². The second-order valence-corrected chi connectivity index (χ2v) is 5.62. The van der Waals surface area contributed by atoms with E-state index in [2.05, 4.69) is 45.8 Å². The van der Waals surface area contributed by atoms with E-state index in [0.717, 1.165) is 22.5 Å². The maximum Gasteiger partial charge on any atom is 0.226 e. The summed E-state index contributed by atoms with van der Waals surface area (Å²) in [6.07, 6.45) is 0.455. The summed E-state index contributed by atoms with van der Waals surface area (Å²) in [5, 5.41) is 2.94. The third-order valence-corrected chi connectivity index (χ3v) is 3.86. The number of benzene rings is 1. The maximum atomic E-state index is 12.1. The Kier molecular flexibility index (Phi) is 3.71. The summed E-state index contributed by atoms with van der Waals surface area (Å²) >= 11 is 0. The molecule has 114 valence electrons. The van der Waals surface area contributed by atoms with Gasteiger partial charge in [0.2, 0.25) is 5.91 Å². The molecule has 1 aromatic carbocycles. The lowest BCUT2D eigenvalue weighted by molar-refractivity contribution is -0.116. The molecule has 0 spiro atoms. The number of carbonyl (C=O) groups excluding carboxylic acids is 1. The SMILES string of the molecule is Cc1nc2ccc(NC(=O)CCn3c(C)ccc3C)cc2[nH]1. The van der Waals surface area contributed by atoms with E-state index in [1.165, 1.54) is 11.4 Å². The number of imidazole rings is 1. The molecule has 0 fully saturated rings. The van der Waals surface area contributed by atoms with Crippen LogP contribution in [-0.4, -0.2) is 20.4 Å². The quantitative estimate of drug-likeness (QED) is 0.775. The molecule has 0 bridgehead atoms. The predicted molar refractivity (Wildman–Crippen MR) is 88.0 cm³/mol. The van der Waals surface area contributed by atoms with Gasteiger partial charge in [0, 0.05) is 30.0 Å². The van der Waals surface area contributed by atoms with Crippen molar-refractivity contribution in [3.05, 3.63) is 47.5 Å². The molecule has 0 radical (unpaired) electrons. The van der Waals surface area contributed by atoms with Crippen LogP contribution in [-0.2, 0) is 11.3 Å². The van der Waals surface area contributed by atoms with E-state index >= 15 is 0 Å². The number of anilines is 1. The molecular formula is C17H20N4O. The lowest BCUT2D eigenvalue weighted by Crippen LogP contribution is -2.15. The topological polar surface area (TPSA) is 62.7 Å². The van der Waals surface area contributed by atoms with Gasteiger partial charge in [0.05, 0.1) is 11.0 Å². The molecule has 0 saturated heterocycles. The summed E-state index contributed by atoms with van der Waals surface area (Å²) in [7, 11) is 0. The number of hydrogen-bond donors (Lipinski definition) is 2. The fraction of sp³-hybridized carbons (Fsp3) is 0.294. The summed E-state index contributed by atoms with van der Waals surface area (Å²) in [5.74, 6) is 0.889. The molecule has 3 aromatic rings. The van der Waals surface area contributed by atoms with Crippen LogP contribution < -0.4 is 5.32 Å². The Morgan fingerprint density at radius 1 is 1.18 bits per heavy atom. The highest BCUT2D eigenvalue weighted by Gasteiger charge is 2.07. The average Bonchev–Trinajstić information content (AvgIpc) is 2.98. The highest BCUT2D eigenvalue weighted by molar-refractivity contribution is 5.93. The molecule has 2 N–H and O–H groups in total. The number of carbonyl (C=O) groups is 1. The molecule has 2 aromatic heterocycles. The van der Waals surface area contributed by atoms with Crippen molar-refractivity contribution in [3.63, 3.8) is 0 Å². The van der Waals surface area contributed by atoms with Crippen LogP contribution >= 0.6 is 0 Å². The molecule has 0 saturated carbocycles. The number of hydrogen-bond acceptors (Lipinski definition) is 2. The van der Waals surface area contributed by atoms with Crippen LogP contribution in [0.15, 0.2) is 30.3 Å². The van der Waals surface area contributed by atoms with Crippen molar-refractivity contribution in [2.24, 2.45) is 0 Å². The first-order chi connectivity index (χ1) is 10.5. The van der Waals surface area contributed by atoms with Crippen molar-refractivity contribution < 1.29 is 4.79 Å². The van der Waals surface area contributed by atoms with Gasteiger partial charge in [-0.25, -0.2) is 4.98 Å². The van der Waals surface area contributed by atoms with Crippen LogP contribution in [0.3, 0.4) is 0 Å². The van der Waals surface area contributed by atoms with Crippen LogP contribution in [0.25, 0.3) is 11.0 Å². The van der Waals surface area contributed by atoms with Gasteiger partial charge in [-0.2, -0.15) is 0 Å². The number of aromatic amines is 1. The molecule has 0 aliphatic heterocycles. The summed E-state index contributed by atoms with van der Waals surface area (Å²) in [6, 6.07) is 9.85. The first-order valence-corrected chi connectivity index (χ1v) is 7.42.